The zero-order chi connectivity index (χ0) is 12.5. The Morgan fingerprint density at radius 1 is 0.778 bits per heavy atom. The van der Waals surface area contributed by atoms with Crippen molar-refractivity contribution in [2.45, 2.75) is 0 Å². The molecule has 0 aliphatic rings. The largest absolute Gasteiger partial charge is 0.497 e. The van der Waals surface area contributed by atoms with Crippen LogP contribution < -0.4 is 9.47 Å². The Balaban J connectivity index is 2.44. The second kappa shape index (κ2) is 4.22. The summed E-state index contributed by atoms with van der Waals surface area (Å²) < 4.78 is 10.7. The van der Waals surface area contributed by atoms with Crippen LogP contribution in [0.5, 0.6) is 11.5 Å². The molecule has 0 spiro atoms. The zero-order valence-corrected chi connectivity index (χ0v) is 10.4. The summed E-state index contributed by atoms with van der Waals surface area (Å²) in [6.45, 7) is 0. The molecule has 0 aromatic heterocycles. The standard InChI is InChI=1S/C16H14O2/c1-17-13-8-9-14-12(10-13)7-6-11-4-3-5-15(18-2)16(11)14/h3-10H,1-2H3. The Bertz CT molecular complexity index is 717. The molecule has 3 rings (SSSR count). The van der Waals surface area contributed by atoms with Crippen molar-refractivity contribution in [3.8, 4) is 11.5 Å². The highest BCUT2D eigenvalue weighted by molar-refractivity contribution is 6.10. The van der Waals surface area contributed by atoms with Crippen LogP contribution in [0.15, 0.2) is 48.5 Å². The first kappa shape index (κ1) is 10.9. The molecule has 0 fully saturated rings. The first-order valence-electron chi connectivity index (χ1n) is 5.87. The van der Waals surface area contributed by atoms with Crippen molar-refractivity contribution >= 4 is 21.5 Å². The van der Waals surface area contributed by atoms with E-state index in [1.807, 2.05) is 24.3 Å². The minimum atomic E-state index is 0.872. The van der Waals surface area contributed by atoms with Crippen molar-refractivity contribution in [2.75, 3.05) is 14.2 Å². The number of fused-ring (bicyclic) bond motifs is 3. The van der Waals surface area contributed by atoms with E-state index in [1.54, 1.807) is 14.2 Å². The molecule has 0 amide bonds. The van der Waals surface area contributed by atoms with Gasteiger partial charge in [-0.05, 0) is 40.4 Å². The van der Waals surface area contributed by atoms with E-state index in [0.717, 1.165) is 22.3 Å². The molecule has 2 nitrogen and oxygen atoms in total. The van der Waals surface area contributed by atoms with Gasteiger partial charge in [0.2, 0.25) is 0 Å². The normalized spacial score (nSPS) is 10.8. The third-order valence-corrected chi connectivity index (χ3v) is 3.25. The number of hydrogen-bond donors (Lipinski definition) is 0. The van der Waals surface area contributed by atoms with E-state index in [1.165, 1.54) is 10.8 Å². The molecule has 0 atom stereocenters. The van der Waals surface area contributed by atoms with E-state index in [9.17, 15) is 0 Å². The Hall–Kier alpha value is -2.22. The number of ether oxygens (including phenoxy) is 2. The Morgan fingerprint density at radius 2 is 1.61 bits per heavy atom. The fourth-order valence-corrected chi connectivity index (χ4v) is 2.36. The van der Waals surface area contributed by atoms with Crippen LogP contribution in [0.1, 0.15) is 0 Å². The molecule has 0 heterocycles. The fraction of sp³-hybridized carbons (Fsp3) is 0.125. The molecule has 0 N–H and O–H groups in total. The third-order valence-electron chi connectivity index (χ3n) is 3.25. The van der Waals surface area contributed by atoms with Crippen LogP contribution in [-0.2, 0) is 0 Å². The van der Waals surface area contributed by atoms with Gasteiger partial charge in [0, 0.05) is 5.39 Å². The summed E-state index contributed by atoms with van der Waals surface area (Å²) in [6.07, 6.45) is 0. The van der Waals surface area contributed by atoms with E-state index < -0.39 is 0 Å². The van der Waals surface area contributed by atoms with Crippen molar-refractivity contribution in [3.05, 3.63) is 48.5 Å². The average molecular weight is 238 g/mol. The lowest BCUT2D eigenvalue weighted by molar-refractivity contribution is 0.415. The molecule has 0 unspecified atom stereocenters. The molecule has 18 heavy (non-hydrogen) atoms. The molecule has 0 bridgehead atoms. The van der Waals surface area contributed by atoms with Crippen LogP contribution in [0.4, 0.5) is 0 Å². The van der Waals surface area contributed by atoms with E-state index in [0.29, 0.717) is 0 Å². The molecule has 0 saturated heterocycles. The van der Waals surface area contributed by atoms with E-state index in [-0.39, 0.29) is 0 Å². The van der Waals surface area contributed by atoms with Gasteiger partial charge < -0.3 is 9.47 Å². The molecular formula is C16H14O2. The van der Waals surface area contributed by atoms with Crippen molar-refractivity contribution in [2.24, 2.45) is 0 Å². The summed E-state index contributed by atoms with van der Waals surface area (Å²) in [5, 5.41) is 4.68. The van der Waals surface area contributed by atoms with Crippen LogP contribution in [-0.4, -0.2) is 14.2 Å². The molecule has 0 aliphatic heterocycles. The summed E-state index contributed by atoms with van der Waals surface area (Å²) in [6, 6.07) is 16.4. The lowest BCUT2D eigenvalue weighted by atomic mass is 10.0. The van der Waals surface area contributed by atoms with Crippen molar-refractivity contribution in [1.29, 1.82) is 0 Å². The number of rotatable bonds is 2. The smallest absolute Gasteiger partial charge is 0.127 e. The number of methoxy groups -OCH3 is 2. The number of hydrogen-bond acceptors (Lipinski definition) is 2. The predicted molar refractivity (Wildman–Crippen MR) is 74.6 cm³/mol. The molecule has 3 aromatic carbocycles. The Kier molecular flexibility index (Phi) is 2.56. The van der Waals surface area contributed by atoms with Gasteiger partial charge in [-0.25, -0.2) is 0 Å². The van der Waals surface area contributed by atoms with Gasteiger partial charge in [0.25, 0.3) is 0 Å². The molecule has 0 aliphatic carbocycles. The second-order valence-corrected chi connectivity index (χ2v) is 4.21. The number of benzene rings is 3. The lowest BCUT2D eigenvalue weighted by Gasteiger charge is -2.09. The quantitative estimate of drug-likeness (QED) is 0.628. The predicted octanol–water partition coefficient (Wildman–Crippen LogP) is 4.01. The lowest BCUT2D eigenvalue weighted by Crippen LogP contribution is -1.87. The van der Waals surface area contributed by atoms with Crippen molar-refractivity contribution < 1.29 is 9.47 Å². The van der Waals surface area contributed by atoms with Gasteiger partial charge in [0.15, 0.2) is 0 Å². The average Bonchev–Trinajstić information content (AvgIpc) is 2.45. The van der Waals surface area contributed by atoms with Crippen LogP contribution >= 0.6 is 0 Å². The first-order valence-corrected chi connectivity index (χ1v) is 5.87. The highest BCUT2D eigenvalue weighted by atomic mass is 16.5. The highest BCUT2D eigenvalue weighted by Gasteiger charge is 2.06. The van der Waals surface area contributed by atoms with Gasteiger partial charge in [0.05, 0.1) is 14.2 Å². The van der Waals surface area contributed by atoms with E-state index >= 15 is 0 Å². The maximum atomic E-state index is 5.46. The molecule has 2 heteroatoms. The molecule has 90 valence electrons. The maximum absolute atomic E-state index is 5.46. The third kappa shape index (κ3) is 1.58. The first-order chi connectivity index (χ1) is 8.83. The van der Waals surface area contributed by atoms with Gasteiger partial charge >= 0.3 is 0 Å². The molecule has 0 saturated carbocycles. The monoisotopic (exact) mass is 238 g/mol. The summed E-state index contributed by atoms with van der Waals surface area (Å²) in [4.78, 5) is 0. The molecular weight excluding hydrogens is 224 g/mol. The Morgan fingerprint density at radius 3 is 2.39 bits per heavy atom. The van der Waals surface area contributed by atoms with E-state index in [2.05, 4.69) is 24.3 Å². The summed E-state index contributed by atoms with van der Waals surface area (Å²) in [5.74, 6) is 1.78. The summed E-state index contributed by atoms with van der Waals surface area (Å²) in [7, 11) is 3.39. The van der Waals surface area contributed by atoms with Gasteiger partial charge in [0.1, 0.15) is 11.5 Å². The fourth-order valence-electron chi connectivity index (χ4n) is 2.36. The second-order valence-electron chi connectivity index (χ2n) is 4.21. The molecule has 0 radical (unpaired) electrons. The van der Waals surface area contributed by atoms with Gasteiger partial charge in [-0.15, -0.1) is 0 Å². The highest BCUT2D eigenvalue weighted by Crippen LogP contribution is 2.34. The topological polar surface area (TPSA) is 18.5 Å². The Labute approximate surface area is 106 Å². The van der Waals surface area contributed by atoms with E-state index in [4.69, 9.17) is 9.47 Å². The minimum absolute atomic E-state index is 0.872. The van der Waals surface area contributed by atoms with Crippen LogP contribution in [0, 0.1) is 0 Å². The van der Waals surface area contributed by atoms with Crippen LogP contribution in [0.2, 0.25) is 0 Å². The minimum Gasteiger partial charge on any atom is -0.497 e. The zero-order valence-electron chi connectivity index (χ0n) is 10.4. The summed E-state index contributed by atoms with van der Waals surface area (Å²) in [5.41, 5.74) is 0. The van der Waals surface area contributed by atoms with Crippen molar-refractivity contribution in [3.63, 3.8) is 0 Å². The van der Waals surface area contributed by atoms with Crippen molar-refractivity contribution in [1.82, 2.24) is 0 Å². The van der Waals surface area contributed by atoms with Gasteiger partial charge in [-0.1, -0.05) is 24.3 Å². The van der Waals surface area contributed by atoms with Gasteiger partial charge in [-0.2, -0.15) is 0 Å². The summed E-state index contributed by atoms with van der Waals surface area (Å²) >= 11 is 0. The SMILES string of the molecule is COc1ccc2c(ccc3cccc(OC)c32)c1. The van der Waals surface area contributed by atoms with Crippen LogP contribution in [0.25, 0.3) is 21.5 Å². The van der Waals surface area contributed by atoms with Crippen LogP contribution in [0.3, 0.4) is 0 Å². The maximum Gasteiger partial charge on any atom is 0.127 e. The molecule has 3 aromatic rings. The van der Waals surface area contributed by atoms with Gasteiger partial charge in [-0.3, -0.25) is 0 Å².